The Kier molecular flexibility index (Phi) is 5.18. The topological polar surface area (TPSA) is 92.4 Å². The van der Waals surface area contributed by atoms with Crippen molar-refractivity contribution in [1.82, 2.24) is 0 Å². The lowest BCUT2D eigenvalue weighted by Crippen LogP contribution is -2.09. The number of hydrogen-bond acceptors (Lipinski definition) is 5. The Bertz CT molecular complexity index is 507. The average molecular weight is 270 g/mol. The summed E-state index contributed by atoms with van der Waals surface area (Å²) in [4.78, 5) is 0.203. The van der Waals surface area contributed by atoms with E-state index in [9.17, 15) is 8.42 Å². The first-order valence-electron chi connectivity index (χ1n) is 5.64. The van der Waals surface area contributed by atoms with Crippen LogP contribution in [0.3, 0.4) is 0 Å². The van der Waals surface area contributed by atoms with Gasteiger partial charge < -0.3 is 16.2 Å². The Morgan fingerprint density at radius 1 is 1.39 bits per heavy atom. The number of aliphatic hydroxyl groups excluding tert-OH is 1. The fraction of sp³-hybridized carbons (Fsp3) is 0.333. The summed E-state index contributed by atoms with van der Waals surface area (Å²) in [7, 11) is -3.38. The molecule has 0 aliphatic rings. The van der Waals surface area contributed by atoms with Crippen LogP contribution in [0.2, 0.25) is 0 Å². The Morgan fingerprint density at radius 2 is 2.00 bits per heavy atom. The van der Waals surface area contributed by atoms with Gasteiger partial charge in [0.15, 0.2) is 9.84 Å². The molecule has 0 aromatic heterocycles. The van der Waals surface area contributed by atoms with Gasteiger partial charge in [0, 0.05) is 17.6 Å². The molecule has 0 unspecified atom stereocenters. The van der Waals surface area contributed by atoms with E-state index in [-0.39, 0.29) is 17.3 Å². The SMILES string of the molecule is CC/C(N)=C/Nc1ccc(S(=O)(=O)CCO)cc1. The number of rotatable bonds is 6. The van der Waals surface area contributed by atoms with E-state index >= 15 is 0 Å². The lowest BCUT2D eigenvalue weighted by molar-refractivity contribution is 0.319. The van der Waals surface area contributed by atoms with E-state index in [2.05, 4.69) is 5.32 Å². The van der Waals surface area contributed by atoms with Gasteiger partial charge in [0.2, 0.25) is 0 Å². The summed E-state index contributed by atoms with van der Waals surface area (Å²) in [5.74, 6) is -0.261. The highest BCUT2D eigenvalue weighted by molar-refractivity contribution is 7.91. The molecule has 0 spiro atoms. The van der Waals surface area contributed by atoms with Crippen molar-refractivity contribution in [2.75, 3.05) is 17.7 Å². The summed E-state index contributed by atoms with van der Waals surface area (Å²) >= 11 is 0. The van der Waals surface area contributed by atoms with Crippen LogP contribution in [0.5, 0.6) is 0 Å². The van der Waals surface area contributed by atoms with Crippen LogP contribution in [0, 0.1) is 0 Å². The van der Waals surface area contributed by atoms with Gasteiger partial charge in [-0.15, -0.1) is 0 Å². The number of nitrogens with two attached hydrogens (primary N) is 1. The molecule has 0 aliphatic heterocycles. The van der Waals surface area contributed by atoms with E-state index in [0.717, 1.165) is 12.1 Å². The molecule has 0 atom stereocenters. The molecule has 1 aromatic carbocycles. The molecule has 5 nitrogen and oxygen atoms in total. The summed E-state index contributed by atoms with van der Waals surface area (Å²) < 4.78 is 23.3. The Balaban J connectivity index is 2.81. The van der Waals surface area contributed by atoms with Gasteiger partial charge in [-0.1, -0.05) is 6.92 Å². The predicted octanol–water partition coefficient (Wildman–Crippen LogP) is 1.07. The summed E-state index contributed by atoms with van der Waals surface area (Å²) in [6.45, 7) is 1.57. The predicted molar refractivity (Wildman–Crippen MR) is 71.8 cm³/mol. The van der Waals surface area contributed by atoms with E-state index in [4.69, 9.17) is 10.8 Å². The maximum atomic E-state index is 11.6. The number of benzene rings is 1. The monoisotopic (exact) mass is 270 g/mol. The lowest BCUT2D eigenvalue weighted by atomic mass is 10.3. The molecule has 0 amide bonds. The second kappa shape index (κ2) is 6.42. The molecule has 0 heterocycles. The molecule has 100 valence electrons. The minimum absolute atomic E-state index is 0.203. The number of aliphatic hydroxyl groups is 1. The van der Waals surface area contributed by atoms with Gasteiger partial charge in [0.25, 0.3) is 0 Å². The zero-order chi connectivity index (χ0) is 13.6. The van der Waals surface area contributed by atoms with Gasteiger partial charge in [0.1, 0.15) is 0 Å². The van der Waals surface area contributed by atoms with Crippen molar-refractivity contribution in [3.05, 3.63) is 36.2 Å². The van der Waals surface area contributed by atoms with Crippen molar-refractivity contribution in [1.29, 1.82) is 0 Å². The van der Waals surface area contributed by atoms with Crippen molar-refractivity contribution in [3.8, 4) is 0 Å². The first-order valence-corrected chi connectivity index (χ1v) is 7.29. The number of allylic oxidation sites excluding steroid dienone is 1. The van der Waals surface area contributed by atoms with Gasteiger partial charge in [-0.3, -0.25) is 0 Å². The van der Waals surface area contributed by atoms with Crippen LogP contribution in [0.1, 0.15) is 13.3 Å². The summed E-state index contributed by atoms with van der Waals surface area (Å²) in [5, 5.41) is 11.7. The zero-order valence-electron chi connectivity index (χ0n) is 10.3. The third kappa shape index (κ3) is 4.05. The molecule has 0 aliphatic carbocycles. The highest BCUT2D eigenvalue weighted by Gasteiger charge is 2.12. The molecular formula is C12H18N2O3S. The van der Waals surface area contributed by atoms with Crippen molar-refractivity contribution < 1.29 is 13.5 Å². The largest absolute Gasteiger partial charge is 0.401 e. The molecule has 4 N–H and O–H groups in total. The smallest absolute Gasteiger partial charge is 0.180 e. The molecule has 0 radical (unpaired) electrons. The molecule has 1 rings (SSSR count). The van der Waals surface area contributed by atoms with E-state index < -0.39 is 9.84 Å². The van der Waals surface area contributed by atoms with E-state index in [1.54, 1.807) is 18.3 Å². The fourth-order valence-electron chi connectivity index (χ4n) is 1.27. The highest BCUT2D eigenvalue weighted by Crippen LogP contribution is 2.15. The van der Waals surface area contributed by atoms with Crippen LogP contribution in [0.4, 0.5) is 5.69 Å². The lowest BCUT2D eigenvalue weighted by Gasteiger charge is -2.05. The Labute approximate surface area is 107 Å². The Hall–Kier alpha value is -1.53. The van der Waals surface area contributed by atoms with Gasteiger partial charge >= 0.3 is 0 Å². The molecule has 1 aromatic rings. The fourth-order valence-corrected chi connectivity index (χ4v) is 2.30. The molecule has 0 saturated heterocycles. The minimum atomic E-state index is -3.38. The molecule has 0 fully saturated rings. The van der Waals surface area contributed by atoms with Gasteiger partial charge in [0.05, 0.1) is 17.3 Å². The number of nitrogens with one attached hydrogen (secondary N) is 1. The van der Waals surface area contributed by atoms with Gasteiger partial charge in [-0.05, 0) is 30.7 Å². The molecular weight excluding hydrogens is 252 g/mol. The van der Waals surface area contributed by atoms with Crippen LogP contribution < -0.4 is 11.1 Å². The minimum Gasteiger partial charge on any atom is -0.401 e. The van der Waals surface area contributed by atoms with E-state index in [0.29, 0.717) is 5.70 Å². The maximum Gasteiger partial charge on any atom is 0.180 e. The van der Waals surface area contributed by atoms with Crippen LogP contribution in [0.25, 0.3) is 0 Å². The van der Waals surface area contributed by atoms with Crippen molar-refractivity contribution in [3.63, 3.8) is 0 Å². The van der Waals surface area contributed by atoms with Crippen molar-refractivity contribution in [2.24, 2.45) is 5.73 Å². The van der Waals surface area contributed by atoms with E-state index in [1.807, 2.05) is 6.92 Å². The molecule has 0 bridgehead atoms. The van der Waals surface area contributed by atoms with Gasteiger partial charge in [-0.2, -0.15) is 0 Å². The Morgan fingerprint density at radius 3 is 2.50 bits per heavy atom. The first kappa shape index (κ1) is 14.5. The van der Waals surface area contributed by atoms with E-state index in [1.165, 1.54) is 12.1 Å². The van der Waals surface area contributed by atoms with Crippen LogP contribution in [-0.2, 0) is 9.84 Å². The summed E-state index contributed by atoms with van der Waals surface area (Å²) in [5.41, 5.74) is 7.11. The maximum absolute atomic E-state index is 11.6. The van der Waals surface area contributed by atoms with Crippen molar-refractivity contribution >= 4 is 15.5 Å². The average Bonchev–Trinajstić information content (AvgIpc) is 2.36. The van der Waals surface area contributed by atoms with Crippen LogP contribution in [-0.4, -0.2) is 25.9 Å². The summed E-state index contributed by atoms with van der Waals surface area (Å²) in [6.07, 6.45) is 2.42. The second-order valence-electron chi connectivity index (χ2n) is 3.78. The third-order valence-electron chi connectivity index (χ3n) is 2.41. The normalized spacial score (nSPS) is 12.4. The van der Waals surface area contributed by atoms with Crippen LogP contribution >= 0.6 is 0 Å². The standard InChI is InChI=1S/C12H18N2O3S/c1-2-10(13)9-14-11-3-5-12(6-4-11)18(16,17)8-7-15/h3-6,9,14-15H,2,7-8,13H2,1H3/b10-9-. The zero-order valence-corrected chi connectivity index (χ0v) is 11.1. The quantitative estimate of drug-likeness (QED) is 0.719. The number of hydrogen-bond donors (Lipinski definition) is 3. The first-order chi connectivity index (χ1) is 8.49. The number of anilines is 1. The number of sulfone groups is 1. The van der Waals surface area contributed by atoms with Crippen molar-refractivity contribution in [2.45, 2.75) is 18.2 Å². The second-order valence-corrected chi connectivity index (χ2v) is 5.89. The van der Waals surface area contributed by atoms with Crippen LogP contribution in [0.15, 0.2) is 41.1 Å². The highest BCUT2D eigenvalue weighted by atomic mass is 32.2. The third-order valence-corrected chi connectivity index (χ3v) is 4.12. The molecule has 18 heavy (non-hydrogen) atoms. The molecule has 6 heteroatoms. The van der Waals surface area contributed by atoms with Gasteiger partial charge in [-0.25, -0.2) is 8.42 Å². The summed E-state index contributed by atoms with van der Waals surface area (Å²) in [6, 6.07) is 6.32. The molecule has 0 saturated carbocycles.